The lowest BCUT2D eigenvalue weighted by Gasteiger charge is -2.38. The molecule has 2 saturated heterocycles. The molecule has 2 bridgehead atoms. The van der Waals surface area contributed by atoms with Gasteiger partial charge in [0.15, 0.2) is 0 Å². The molecule has 1 N–H and O–H groups in total. The van der Waals surface area contributed by atoms with Crippen molar-refractivity contribution in [2.75, 3.05) is 36.1 Å². The Labute approximate surface area is 159 Å². The predicted octanol–water partition coefficient (Wildman–Crippen LogP) is 2.81. The molecule has 27 heavy (non-hydrogen) atoms. The third-order valence-corrected chi connectivity index (χ3v) is 6.50. The monoisotopic (exact) mass is 365 g/mol. The van der Waals surface area contributed by atoms with Gasteiger partial charge >= 0.3 is 0 Å². The Morgan fingerprint density at radius 2 is 1.89 bits per heavy atom. The van der Waals surface area contributed by atoms with E-state index in [1.165, 1.54) is 24.8 Å². The van der Waals surface area contributed by atoms with Gasteiger partial charge in [0.25, 0.3) is 5.56 Å². The van der Waals surface area contributed by atoms with Crippen molar-refractivity contribution in [1.29, 1.82) is 0 Å². The van der Waals surface area contributed by atoms with E-state index in [9.17, 15) is 4.79 Å². The first-order valence-corrected chi connectivity index (χ1v) is 10.2. The fraction of sp³-hybridized carbons (Fsp3) is 0.500. The Morgan fingerprint density at radius 1 is 1.07 bits per heavy atom. The van der Waals surface area contributed by atoms with Crippen molar-refractivity contribution in [2.45, 2.75) is 37.8 Å². The number of nitrogens with zero attached hydrogens (tertiary/aromatic N) is 2. The van der Waals surface area contributed by atoms with Gasteiger partial charge in [0, 0.05) is 43.0 Å². The molecule has 1 saturated carbocycles. The summed E-state index contributed by atoms with van der Waals surface area (Å²) in [6, 6.07) is 15.7. The number of aromatic amines is 1. The maximum atomic E-state index is 12.4. The van der Waals surface area contributed by atoms with Gasteiger partial charge in [0.1, 0.15) is 5.82 Å². The first-order chi connectivity index (χ1) is 13.3. The molecular weight excluding hydrogens is 338 g/mol. The van der Waals surface area contributed by atoms with Gasteiger partial charge in [0.05, 0.1) is 13.2 Å². The third kappa shape index (κ3) is 3.25. The molecule has 5 rings (SSSR count). The summed E-state index contributed by atoms with van der Waals surface area (Å²) in [7, 11) is 0. The van der Waals surface area contributed by atoms with Crippen LogP contribution in [0, 0.1) is 5.92 Å². The van der Waals surface area contributed by atoms with Crippen LogP contribution >= 0.6 is 0 Å². The van der Waals surface area contributed by atoms with E-state index in [-0.39, 0.29) is 5.56 Å². The van der Waals surface area contributed by atoms with Crippen molar-refractivity contribution in [3.8, 4) is 0 Å². The SMILES string of the molecule is O=c1cc(N2CCOCC2)cc(N2[C@H]3CC[C@H](C3)[C@@H]2Cc2ccccc2)[nH]1. The van der Waals surface area contributed by atoms with E-state index in [1.54, 1.807) is 6.07 Å². The van der Waals surface area contributed by atoms with Crippen molar-refractivity contribution in [3.63, 3.8) is 0 Å². The topological polar surface area (TPSA) is 48.6 Å². The van der Waals surface area contributed by atoms with Gasteiger partial charge in [-0.05, 0) is 37.2 Å². The maximum Gasteiger partial charge on any atom is 0.251 e. The number of piperidine rings is 1. The number of hydrogen-bond acceptors (Lipinski definition) is 4. The van der Waals surface area contributed by atoms with Crippen LogP contribution in [-0.2, 0) is 11.2 Å². The molecule has 1 aliphatic carbocycles. The molecule has 3 fully saturated rings. The Hall–Kier alpha value is -2.27. The number of nitrogens with one attached hydrogen (secondary N) is 1. The van der Waals surface area contributed by atoms with Crippen molar-refractivity contribution in [3.05, 3.63) is 58.4 Å². The highest BCUT2D eigenvalue weighted by Gasteiger charge is 2.46. The smallest absolute Gasteiger partial charge is 0.251 e. The second kappa shape index (κ2) is 7.04. The van der Waals surface area contributed by atoms with E-state index in [0.717, 1.165) is 50.1 Å². The fourth-order valence-electron chi connectivity index (χ4n) is 5.25. The second-order valence-electron chi connectivity index (χ2n) is 8.08. The van der Waals surface area contributed by atoms with Crippen LogP contribution < -0.4 is 15.4 Å². The van der Waals surface area contributed by atoms with Crippen LogP contribution in [0.1, 0.15) is 24.8 Å². The van der Waals surface area contributed by atoms with Crippen LogP contribution in [0.2, 0.25) is 0 Å². The van der Waals surface area contributed by atoms with Crippen molar-refractivity contribution < 1.29 is 4.74 Å². The van der Waals surface area contributed by atoms with Gasteiger partial charge in [-0.1, -0.05) is 30.3 Å². The van der Waals surface area contributed by atoms with Crippen LogP contribution in [0.15, 0.2) is 47.3 Å². The number of rotatable bonds is 4. The first-order valence-electron chi connectivity index (χ1n) is 10.2. The average molecular weight is 365 g/mol. The summed E-state index contributed by atoms with van der Waals surface area (Å²) in [4.78, 5) is 20.4. The van der Waals surface area contributed by atoms with Gasteiger partial charge in [0.2, 0.25) is 0 Å². The minimum Gasteiger partial charge on any atom is -0.378 e. The molecule has 2 aliphatic heterocycles. The van der Waals surface area contributed by atoms with E-state index in [0.29, 0.717) is 12.1 Å². The summed E-state index contributed by atoms with van der Waals surface area (Å²) in [5.74, 6) is 1.72. The van der Waals surface area contributed by atoms with Gasteiger partial charge in [-0.15, -0.1) is 0 Å². The molecule has 3 heterocycles. The molecule has 3 atom stereocenters. The number of benzene rings is 1. The van der Waals surface area contributed by atoms with Gasteiger partial charge < -0.3 is 19.5 Å². The van der Waals surface area contributed by atoms with E-state index in [4.69, 9.17) is 4.74 Å². The standard InChI is InChI=1S/C22H27N3O2/c26-22-15-19(24-8-10-27-11-9-24)14-21(23-22)25-18-7-6-17(13-18)20(25)12-16-4-2-1-3-5-16/h1-5,14-15,17-18,20H,6-13H2,(H,23,26)/t17-,18+,20+/m1/s1. The summed E-state index contributed by atoms with van der Waals surface area (Å²) < 4.78 is 5.47. The molecule has 2 aromatic rings. The normalized spacial score (nSPS) is 27.3. The number of pyridine rings is 1. The van der Waals surface area contributed by atoms with E-state index < -0.39 is 0 Å². The quantitative estimate of drug-likeness (QED) is 0.905. The van der Waals surface area contributed by atoms with Crippen molar-refractivity contribution >= 4 is 11.5 Å². The van der Waals surface area contributed by atoms with E-state index in [1.807, 2.05) is 0 Å². The maximum absolute atomic E-state index is 12.4. The Bertz CT molecular complexity index is 844. The predicted molar refractivity (Wildman–Crippen MR) is 108 cm³/mol. The number of hydrogen-bond donors (Lipinski definition) is 1. The molecule has 142 valence electrons. The minimum atomic E-state index is -0.00442. The number of morpholine rings is 1. The highest BCUT2D eigenvalue weighted by Crippen LogP contribution is 2.45. The molecule has 0 spiro atoms. The second-order valence-corrected chi connectivity index (χ2v) is 8.08. The lowest BCUT2D eigenvalue weighted by atomic mass is 9.92. The summed E-state index contributed by atoms with van der Waals surface area (Å²) in [6.45, 7) is 3.16. The zero-order valence-corrected chi connectivity index (χ0v) is 15.6. The van der Waals surface area contributed by atoms with Crippen LogP contribution in [-0.4, -0.2) is 43.4 Å². The number of fused-ring (bicyclic) bond motifs is 2. The fourth-order valence-corrected chi connectivity index (χ4v) is 5.25. The molecule has 1 aromatic carbocycles. The van der Waals surface area contributed by atoms with Gasteiger partial charge in [-0.3, -0.25) is 4.79 Å². The summed E-state index contributed by atoms with van der Waals surface area (Å²) >= 11 is 0. The summed E-state index contributed by atoms with van der Waals surface area (Å²) in [5.41, 5.74) is 2.40. The van der Waals surface area contributed by atoms with Gasteiger partial charge in [-0.2, -0.15) is 0 Å². The molecule has 5 heteroatoms. The van der Waals surface area contributed by atoms with Gasteiger partial charge in [-0.25, -0.2) is 0 Å². The lowest BCUT2D eigenvalue weighted by Crippen LogP contribution is -2.44. The zero-order chi connectivity index (χ0) is 18.2. The number of ether oxygens (including phenoxy) is 1. The number of anilines is 2. The van der Waals surface area contributed by atoms with Crippen LogP contribution in [0.4, 0.5) is 11.5 Å². The average Bonchev–Trinajstić information content (AvgIpc) is 3.31. The molecule has 0 unspecified atom stereocenters. The molecule has 1 aromatic heterocycles. The van der Waals surface area contributed by atoms with Crippen LogP contribution in [0.3, 0.4) is 0 Å². The molecule has 0 amide bonds. The Morgan fingerprint density at radius 3 is 2.70 bits per heavy atom. The Kier molecular flexibility index (Phi) is 4.40. The zero-order valence-electron chi connectivity index (χ0n) is 15.6. The van der Waals surface area contributed by atoms with Crippen LogP contribution in [0.25, 0.3) is 0 Å². The number of aromatic nitrogens is 1. The molecular formula is C22H27N3O2. The minimum absolute atomic E-state index is 0.00442. The molecule has 3 aliphatic rings. The van der Waals surface area contributed by atoms with Crippen molar-refractivity contribution in [2.24, 2.45) is 5.92 Å². The van der Waals surface area contributed by atoms with E-state index >= 15 is 0 Å². The van der Waals surface area contributed by atoms with E-state index in [2.05, 4.69) is 51.2 Å². The van der Waals surface area contributed by atoms with Crippen molar-refractivity contribution in [1.82, 2.24) is 4.98 Å². The lowest BCUT2D eigenvalue weighted by molar-refractivity contribution is 0.122. The third-order valence-electron chi connectivity index (χ3n) is 6.50. The highest BCUT2D eigenvalue weighted by molar-refractivity contribution is 5.57. The summed E-state index contributed by atoms with van der Waals surface area (Å²) in [6.07, 6.45) is 4.85. The highest BCUT2D eigenvalue weighted by atomic mass is 16.5. The largest absolute Gasteiger partial charge is 0.378 e. The Balaban J connectivity index is 1.46. The molecule has 5 nitrogen and oxygen atoms in total. The summed E-state index contributed by atoms with van der Waals surface area (Å²) in [5, 5.41) is 0. The molecule has 0 radical (unpaired) electrons. The number of H-pyrrole nitrogens is 1. The first kappa shape index (κ1) is 16.9. The van der Waals surface area contributed by atoms with Crippen LogP contribution in [0.5, 0.6) is 0 Å².